The standard InChI is InChI=1S/C28H23N5O4S/c1-16-9-11-18(12-10-16)37-26-20(28(36)33-13-5-4-8-22(33)31-26)14-17(15-29)25(35)32-27-23(24(30)34)19-6-2-3-7-21(19)38-27/h4-5,8-14H,2-3,6-7H2,1H3,(H2,30,34)(H,32,35). The van der Waals surface area contributed by atoms with Crippen molar-refractivity contribution < 1.29 is 14.3 Å². The van der Waals surface area contributed by atoms with Crippen molar-refractivity contribution in [3.63, 3.8) is 0 Å². The number of fused-ring (bicyclic) bond motifs is 2. The average Bonchev–Trinajstić information content (AvgIpc) is 3.28. The molecular weight excluding hydrogens is 502 g/mol. The summed E-state index contributed by atoms with van der Waals surface area (Å²) in [7, 11) is 0. The number of rotatable bonds is 6. The molecule has 0 unspecified atom stereocenters. The normalized spacial score (nSPS) is 13.0. The van der Waals surface area contributed by atoms with E-state index in [1.165, 1.54) is 15.7 Å². The van der Waals surface area contributed by atoms with E-state index in [4.69, 9.17) is 10.5 Å². The Labute approximate surface area is 221 Å². The molecule has 5 rings (SSSR count). The summed E-state index contributed by atoms with van der Waals surface area (Å²) < 4.78 is 7.24. The van der Waals surface area contributed by atoms with E-state index in [0.717, 1.165) is 41.3 Å². The molecule has 4 aromatic rings. The van der Waals surface area contributed by atoms with Crippen LogP contribution >= 0.6 is 11.3 Å². The Morgan fingerprint density at radius 1 is 1.18 bits per heavy atom. The molecular formula is C28H23N5O4S. The monoisotopic (exact) mass is 525 g/mol. The number of hydrogen-bond acceptors (Lipinski definition) is 7. The number of ether oxygens (including phenoxy) is 1. The molecule has 2 amide bonds. The van der Waals surface area contributed by atoms with E-state index < -0.39 is 17.4 Å². The quantitative estimate of drug-likeness (QED) is 0.283. The van der Waals surface area contributed by atoms with Crippen molar-refractivity contribution in [1.29, 1.82) is 5.26 Å². The number of aromatic nitrogens is 2. The third kappa shape index (κ3) is 4.79. The first-order valence-corrected chi connectivity index (χ1v) is 12.8. The number of nitrogens with two attached hydrogens (primary N) is 1. The average molecular weight is 526 g/mol. The number of carbonyl (C=O) groups is 2. The highest BCUT2D eigenvalue weighted by Crippen LogP contribution is 2.38. The maximum absolute atomic E-state index is 13.4. The molecule has 0 saturated heterocycles. The lowest BCUT2D eigenvalue weighted by Crippen LogP contribution is -2.21. The van der Waals surface area contributed by atoms with Gasteiger partial charge in [0.2, 0.25) is 5.88 Å². The fourth-order valence-corrected chi connectivity index (χ4v) is 5.67. The van der Waals surface area contributed by atoms with Crippen molar-refractivity contribution in [2.45, 2.75) is 32.6 Å². The number of primary amides is 1. The summed E-state index contributed by atoms with van der Waals surface area (Å²) >= 11 is 1.29. The van der Waals surface area contributed by atoms with Crippen LogP contribution in [0.3, 0.4) is 0 Å². The van der Waals surface area contributed by atoms with Gasteiger partial charge in [0.25, 0.3) is 17.4 Å². The highest BCUT2D eigenvalue weighted by Gasteiger charge is 2.26. The molecule has 3 N–H and O–H groups in total. The van der Waals surface area contributed by atoms with E-state index in [-0.39, 0.29) is 22.6 Å². The van der Waals surface area contributed by atoms with E-state index in [1.54, 1.807) is 36.5 Å². The van der Waals surface area contributed by atoms with Gasteiger partial charge in [-0.1, -0.05) is 23.8 Å². The molecule has 38 heavy (non-hydrogen) atoms. The summed E-state index contributed by atoms with van der Waals surface area (Å²) in [5.74, 6) is -1.01. The van der Waals surface area contributed by atoms with Crippen LogP contribution < -0.4 is 21.3 Å². The van der Waals surface area contributed by atoms with Crippen molar-refractivity contribution in [3.8, 4) is 17.7 Å². The first-order valence-electron chi connectivity index (χ1n) is 12.0. The molecule has 1 aliphatic carbocycles. The van der Waals surface area contributed by atoms with Crippen LogP contribution in [0.4, 0.5) is 5.00 Å². The predicted molar refractivity (Wildman–Crippen MR) is 144 cm³/mol. The molecule has 0 bridgehead atoms. The SMILES string of the molecule is Cc1ccc(Oc2nc3ccccn3c(=O)c2C=C(C#N)C(=O)Nc2sc3c(c2C(N)=O)CCCC3)cc1. The number of anilines is 1. The van der Waals surface area contributed by atoms with Gasteiger partial charge in [0.05, 0.1) is 5.56 Å². The minimum Gasteiger partial charge on any atom is -0.438 e. The first-order chi connectivity index (χ1) is 18.4. The third-order valence-corrected chi connectivity index (χ3v) is 7.48. The first kappa shape index (κ1) is 24.9. The van der Waals surface area contributed by atoms with Gasteiger partial charge in [0.15, 0.2) is 0 Å². The second-order valence-corrected chi connectivity index (χ2v) is 9.99. The van der Waals surface area contributed by atoms with Crippen LogP contribution in [0.5, 0.6) is 11.6 Å². The number of thiophene rings is 1. The molecule has 190 valence electrons. The summed E-state index contributed by atoms with van der Waals surface area (Å²) in [5.41, 5.74) is 7.21. The van der Waals surface area contributed by atoms with Crippen LogP contribution in [0.2, 0.25) is 0 Å². The van der Waals surface area contributed by atoms with Gasteiger partial charge in [-0.3, -0.25) is 18.8 Å². The topological polar surface area (TPSA) is 140 Å². The van der Waals surface area contributed by atoms with E-state index in [1.807, 2.05) is 25.1 Å². The van der Waals surface area contributed by atoms with Crippen LogP contribution in [-0.4, -0.2) is 21.2 Å². The van der Waals surface area contributed by atoms with Crippen LogP contribution in [0, 0.1) is 18.3 Å². The number of nitriles is 1. The van der Waals surface area contributed by atoms with Crippen LogP contribution in [0.25, 0.3) is 11.7 Å². The second-order valence-electron chi connectivity index (χ2n) is 8.88. The number of nitrogens with zero attached hydrogens (tertiary/aromatic N) is 3. The molecule has 0 fully saturated rings. The molecule has 0 radical (unpaired) electrons. The highest BCUT2D eigenvalue weighted by molar-refractivity contribution is 7.17. The van der Waals surface area contributed by atoms with Gasteiger partial charge in [-0.2, -0.15) is 10.2 Å². The van der Waals surface area contributed by atoms with Crippen molar-refractivity contribution in [2.24, 2.45) is 5.73 Å². The van der Waals surface area contributed by atoms with Crippen molar-refractivity contribution in [1.82, 2.24) is 9.38 Å². The maximum Gasteiger partial charge on any atom is 0.269 e. The Morgan fingerprint density at radius 2 is 1.95 bits per heavy atom. The lowest BCUT2D eigenvalue weighted by Gasteiger charge is -2.11. The fraction of sp³-hybridized carbons (Fsp3) is 0.179. The molecule has 0 spiro atoms. The summed E-state index contributed by atoms with van der Waals surface area (Å²) in [6.07, 6.45) is 6.13. The second kappa shape index (κ2) is 10.3. The number of pyridine rings is 1. The van der Waals surface area contributed by atoms with Crippen molar-refractivity contribution in [2.75, 3.05) is 5.32 Å². The summed E-state index contributed by atoms with van der Waals surface area (Å²) in [6.45, 7) is 1.93. The highest BCUT2D eigenvalue weighted by atomic mass is 32.1. The summed E-state index contributed by atoms with van der Waals surface area (Å²) in [5, 5.41) is 12.8. The molecule has 3 aromatic heterocycles. The van der Waals surface area contributed by atoms with Gasteiger partial charge in [-0.05, 0) is 68.5 Å². The van der Waals surface area contributed by atoms with Gasteiger partial charge in [0.1, 0.15) is 33.6 Å². The van der Waals surface area contributed by atoms with Crippen LogP contribution in [0.1, 0.15) is 44.8 Å². The van der Waals surface area contributed by atoms with Gasteiger partial charge < -0.3 is 15.8 Å². The number of aryl methyl sites for hydroxylation is 2. The van der Waals surface area contributed by atoms with Gasteiger partial charge in [-0.25, -0.2) is 0 Å². The minimum absolute atomic E-state index is 0.0463. The molecule has 1 aromatic carbocycles. The molecule has 9 nitrogen and oxygen atoms in total. The molecule has 3 heterocycles. The Morgan fingerprint density at radius 3 is 2.68 bits per heavy atom. The molecule has 10 heteroatoms. The van der Waals surface area contributed by atoms with Gasteiger partial charge in [-0.15, -0.1) is 11.3 Å². The Kier molecular flexibility index (Phi) is 6.77. The largest absolute Gasteiger partial charge is 0.438 e. The maximum atomic E-state index is 13.4. The van der Waals surface area contributed by atoms with Crippen molar-refractivity contribution >= 4 is 39.9 Å². The van der Waals surface area contributed by atoms with Gasteiger partial charge in [0, 0.05) is 11.1 Å². The zero-order valence-electron chi connectivity index (χ0n) is 20.5. The van der Waals surface area contributed by atoms with Crippen molar-refractivity contribution in [3.05, 3.63) is 91.7 Å². The summed E-state index contributed by atoms with van der Waals surface area (Å²) in [6, 6.07) is 14.1. The smallest absolute Gasteiger partial charge is 0.269 e. The Balaban J connectivity index is 1.56. The molecule has 0 atom stereocenters. The number of carbonyl (C=O) groups excluding carboxylic acids is 2. The van der Waals surface area contributed by atoms with E-state index in [0.29, 0.717) is 22.8 Å². The lowest BCUT2D eigenvalue weighted by atomic mass is 9.95. The lowest BCUT2D eigenvalue weighted by molar-refractivity contribution is -0.112. The van der Waals surface area contributed by atoms with Crippen LogP contribution in [0.15, 0.2) is 59.0 Å². The number of benzene rings is 1. The molecule has 0 aliphatic heterocycles. The van der Waals surface area contributed by atoms with Gasteiger partial charge >= 0.3 is 0 Å². The number of amides is 2. The number of hydrogen-bond donors (Lipinski definition) is 2. The fourth-order valence-electron chi connectivity index (χ4n) is 4.38. The Hall–Kier alpha value is -4.75. The molecule has 1 aliphatic rings. The van der Waals surface area contributed by atoms with Crippen LogP contribution in [-0.2, 0) is 17.6 Å². The predicted octanol–water partition coefficient (Wildman–Crippen LogP) is 4.38. The summed E-state index contributed by atoms with van der Waals surface area (Å²) in [4.78, 5) is 44.3. The minimum atomic E-state index is -0.771. The van der Waals surface area contributed by atoms with E-state index in [2.05, 4.69) is 10.3 Å². The molecule has 0 saturated carbocycles. The van der Waals surface area contributed by atoms with E-state index >= 15 is 0 Å². The Bertz CT molecular complexity index is 1710. The van der Waals surface area contributed by atoms with E-state index in [9.17, 15) is 19.6 Å². The zero-order chi connectivity index (χ0) is 26.8. The zero-order valence-corrected chi connectivity index (χ0v) is 21.3. The third-order valence-electron chi connectivity index (χ3n) is 6.27. The number of nitrogens with one attached hydrogen (secondary N) is 1.